The van der Waals surface area contributed by atoms with E-state index < -0.39 is 12.0 Å². The maximum atomic E-state index is 12.7. The Kier molecular flexibility index (Phi) is 4.44. The van der Waals surface area contributed by atoms with Crippen molar-refractivity contribution in [3.63, 3.8) is 0 Å². The minimum absolute atomic E-state index is 0.0460. The van der Waals surface area contributed by atoms with Crippen LogP contribution in [0.1, 0.15) is 48.4 Å². The molecular formula is C19H22N4O3. The number of carboxylic acids is 1. The minimum atomic E-state index is -0.836. The highest BCUT2D eigenvalue weighted by molar-refractivity contribution is 5.79. The molecule has 7 heteroatoms. The Morgan fingerprint density at radius 2 is 1.96 bits per heavy atom. The van der Waals surface area contributed by atoms with Gasteiger partial charge in [0.1, 0.15) is 17.7 Å². The molecule has 1 aromatic carbocycles. The van der Waals surface area contributed by atoms with E-state index in [1.165, 1.54) is 0 Å². The van der Waals surface area contributed by atoms with Crippen LogP contribution in [0, 0.1) is 0 Å². The number of carboxylic acid groups (broad SMARTS) is 1. The highest BCUT2D eigenvalue weighted by Gasteiger charge is 2.36. The first-order valence-corrected chi connectivity index (χ1v) is 9.11. The van der Waals surface area contributed by atoms with Gasteiger partial charge in [0.2, 0.25) is 5.91 Å². The lowest BCUT2D eigenvalue weighted by molar-refractivity contribution is -0.140. The van der Waals surface area contributed by atoms with Crippen molar-refractivity contribution in [2.75, 3.05) is 13.1 Å². The topological polar surface area (TPSA) is 88.3 Å². The minimum Gasteiger partial charge on any atom is -0.480 e. The molecule has 0 bridgehead atoms. The monoisotopic (exact) mass is 354 g/mol. The molecule has 1 amide bonds. The lowest BCUT2D eigenvalue weighted by Gasteiger charge is -2.32. The van der Waals surface area contributed by atoms with Crippen LogP contribution < -0.4 is 0 Å². The van der Waals surface area contributed by atoms with Crippen LogP contribution in [-0.4, -0.2) is 49.7 Å². The number of amides is 1. The third kappa shape index (κ3) is 3.09. The van der Waals surface area contributed by atoms with Gasteiger partial charge in [-0.05, 0) is 24.8 Å². The Balaban J connectivity index is 1.50. The number of nitrogens with zero attached hydrogens (tertiary/aromatic N) is 4. The maximum absolute atomic E-state index is 12.7. The van der Waals surface area contributed by atoms with E-state index in [4.69, 9.17) is 0 Å². The molecule has 1 aromatic heterocycles. The van der Waals surface area contributed by atoms with E-state index in [0.29, 0.717) is 25.8 Å². The van der Waals surface area contributed by atoms with Crippen molar-refractivity contribution in [3.8, 4) is 0 Å². The zero-order valence-electron chi connectivity index (χ0n) is 14.5. The van der Waals surface area contributed by atoms with Crippen LogP contribution in [0.2, 0.25) is 0 Å². The molecular weight excluding hydrogens is 332 g/mol. The van der Waals surface area contributed by atoms with Gasteiger partial charge in [-0.3, -0.25) is 4.79 Å². The largest absolute Gasteiger partial charge is 0.480 e. The molecule has 1 N–H and O–H groups in total. The normalized spacial score (nSPS) is 22.2. The highest BCUT2D eigenvalue weighted by atomic mass is 16.4. The van der Waals surface area contributed by atoms with E-state index >= 15 is 0 Å². The number of likely N-dealkylation sites (tertiary alicyclic amines) is 1. The lowest BCUT2D eigenvalue weighted by atomic mass is 9.96. The van der Waals surface area contributed by atoms with Gasteiger partial charge in [0.25, 0.3) is 0 Å². The first kappa shape index (κ1) is 16.8. The number of aliphatic carboxylic acids is 1. The van der Waals surface area contributed by atoms with Crippen LogP contribution in [-0.2, 0) is 22.4 Å². The molecule has 0 radical (unpaired) electrons. The zero-order valence-corrected chi connectivity index (χ0v) is 14.5. The van der Waals surface area contributed by atoms with Gasteiger partial charge < -0.3 is 14.6 Å². The van der Waals surface area contributed by atoms with E-state index in [1.54, 1.807) is 4.57 Å². The molecule has 2 aliphatic heterocycles. The fourth-order valence-corrected chi connectivity index (χ4v) is 4.05. The Labute approximate surface area is 151 Å². The summed E-state index contributed by atoms with van der Waals surface area (Å²) in [4.78, 5) is 26.1. The van der Waals surface area contributed by atoms with Crippen LogP contribution in [0.15, 0.2) is 30.3 Å². The molecule has 3 heterocycles. The quantitative estimate of drug-likeness (QED) is 0.904. The molecule has 0 saturated carbocycles. The lowest BCUT2D eigenvalue weighted by Crippen LogP contribution is -2.40. The van der Waals surface area contributed by atoms with E-state index in [1.807, 2.05) is 35.2 Å². The van der Waals surface area contributed by atoms with E-state index in [-0.39, 0.29) is 11.8 Å². The molecule has 0 spiro atoms. The molecule has 2 aromatic rings. The molecule has 7 nitrogen and oxygen atoms in total. The molecule has 1 fully saturated rings. The first-order chi connectivity index (χ1) is 12.6. The number of carbonyl (C=O) groups is 2. The summed E-state index contributed by atoms with van der Waals surface area (Å²) in [6, 6.07) is 9.16. The van der Waals surface area contributed by atoms with E-state index in [2.05, 4.69) is 10.2 Å². The molecule has 26 heavy (non-hydrogen) atoms. The Morgan fingerprint density at radius 1 is 1.15 bits per heavy atom. The van der Waals surface area contributed by atoms with Crippen molar-refractivity contribution in [1.82, 2.24) is 19.7 Å². The predicted molar refractivity (Wildman–Crippen MR) is 93.7 cm³/mol. The van der Waals surface area contributed by atoms with Crippen molar-refractivity contribution in [3.05, 3.63) is 47.5 Å². The van der Waals surface area contributed by atoms with Crippen LogP contribution >= 0.6 is 0 Å². The van der Waals surface area contributed by atoms with Gasteiger partial charge in [-0.25, -0.2) is 4.79 Å². The fourth-order valence-electron chi connectivity index (χ4n) is 4.05. The van der Waals surface area contributed by atoms with Gasteiger partial charge in [-0.15, -0.1) is 10.2 Å². The number of fused-ring (bicyclic) bond motifs is 1. The molecule has 1 saturated heterocycles. The van der Waals surface area contributed by atoms with Gasteiger partial charge in [-0.2, -0.15) is 0 Å². The zero-order chi connectivity index (χ0) is 18.1. The average Bonchev–Trinajstić information content (AvgIpc) is 3.24. The fraction of sp³-hybridized carbons (Fsp3) is 0.474. The summed E-state index contributed by atoms with van der Waals surface area (Å²) in [5, 5.41) is 17.9. The van der Waals surface area contributed by atoms with Gasteiger partial charge in [-0.1, -0.05) is 30.3 Å². The maximum Gasteiger partial charge on any atom is 0.326 e. The number of hydrogen-bond acceptors (Lipinski definition) is 4. The molecule has 136 valence electrons. The van der Waals surface area contributed by atoms with Gasteiger partial charge >= 0.3 is 5.97 Å². The second-order valence-electron chi connectivity index (χ2n) is 7.08. The summed E-state index contributed by atoms with van der Waals surface area (Å²) < 4.78 is 1.79. The van der Waals surface area contributed by atoms with E-state index in [9.17, 15) is 14.7 Å². The molecule has 2 unspecified atom stereocenters. The smallest absolute Gasteiger partial charge is 0.326 e. The third-order valence-corrected chi connectivity index (χ3v) is 5.37. The van der Waals surface area contributed by atoms with Gasteiger partial charge in [0, 0.05) is 25.4 Å². The molecule has 0 aliphatic carbocycles. The van der Waals surface area contributed by atoms with Crippen LogP contribution in [0.25, 0.3) is 0 Å². The van der Waals surface area contributed by atoms with Crippen LogP contribution in [0.5, 0.6) is 0 Å². The second kappa shape index (κ2) is 6.90. The summed E-state index contributed by atoms with van der Waals surface area (Å²) >= 11 is 0. The number of aromatic nitrogens is 3. The number of benzene rings is 1. The highest BCUT2D eigenvalue weighted by Crippen LogP contribution is 2.33. The van der Waals surface area contributed by atoms with Crippen LogP contribution in [0.4, 0.5) is 0 Å². The average molecular weight is 354 g/mol. The summed E-state index contributed by atoms with van der Waals surface area (Å²) in [7, 11) is 0. The third-order valence-electron chi connectivity index (χ3n) is 5.37. The van der Waals surface area contributed by atoms with Crippen molar-refractivity contribution in [1.29, 1.82) is 0 Å². The molecule has 4 rings (SSSR count). The number of hydrogen-bond donors (Lipinski definition) is 1. The number of rotatable bonds is 4. The summed E-state index contributed by atoms with van der Waals surface area (Å²) in [6.07, 6.45) is 3.40. The Hall–Kier alpha value is -2.70. The Bertz CT molecular complexity index is 817. The number of aryl methyl sites for hydroxylation is 1. The second-order valence-corrected chi connectivity index (χ2v) is 7.08. The van der Waals surface area contributed by atoms with Gasteiger partial charge in [0.15, 0.2) is 0 Å². The predicted octanol–water partition coefficient (Wildman–Crippen LogP) is 1.80. The summed E-state index contributed by atoms with van der Waals surface area (Å²) in [5.74, 6) is 0.793. The summed E-state index contributed by atoms with van der Waals surface area (Å²) in [5.41, 5.74) is 1.01. The SMILES string of the molecule is O=C(O)C1CCc2nnc(C3CCCN(C(=O)Cc4ccccc4)C3)n21. The van der Waals surface area contributed by atoms with E-state index in [0.717, 1.165) is 36.6 Å². The van der Waals surface area contributed by atoms with Gasteiger partial charge in [0.05, 0.1) is 6.42 Å². The number of carbonyl (C=O) groups excluding carboxylic acids is 1. The summed E-state index contributed by atoms with van der Waals surface area (Å²) in [6.45, 7) is 1.32. The molecule has 2 atom stereocenters. The standard InChI is InChI=1S/C19H22N4O3/c24-17(11-13-5-2-1-3-6-13)22-10-4-7-14(12-22)18-21-20-16-9-8-15(19(25)26)23(16)18/h1-3,5-6,14-15H,4,7-12H2,(H,25,26). The van der Waals surface area contributed by atoms with Crippen molar-refractivity contribution < 1.29 is 14.7 Å². The molecule has 2 aliphatic rings. The van der Waals surface area contributed by atoms with Crippen LogP contribution in [0.3, 0.4) is 0 Å². The van der Waals surface area contributed by atoms with Crippen molar-refractivity contribution >= 4 is 11.9 Å². The number of piperidine rings is 1. The Morgan fingerprint density at radius 3 is 2.73 bits per heavy atom. The first-order valence-electron chi connectivity index (χ1n) is 9.11. The van der Waals surface area contributed by atoms with Crippen molar-refractivity contribution in [2.45, 2.75) is 44.1 Å². The van der Waals surface area contributed by atoms with Crippen molar-refractivity contribution in [2.24, 2.45) is 0 Å².